The second-order valence-corrected chi connectivity index (χ2v) is 6.94. The lowest BCUT2D eigenvalue weighted by Crippen LogP contribution is -2.46. The smallest absolute Gasteiger partial charge is 0.237 e. The van der Waals surface area contributed by atoms with Gasteiger partial charge in [0.1, 0.15) is 0 Å². The van der Waals surface area contributed by atoms with Gasteiger partial charge in [0, 0.05) is 25.2 Å². The average Bonchev–Trinajstić information content (AvgIpc) is 2.79. The van der Waals surface area contributed by atoms with Crippen LogP contribution in [0.2, 0.25) is 0 Å². The molecule has 1 amide bonds. The second-order valence-electron chi connectivity index (χ2n) is 6.94. The predicted molar refractivity (Wildman–Crippen MR) is 90.3 cm³/mol. The van der Waals surface area contributed by atoms with E-state index in [1.54, 1.807) is 0 Å². The van der Waals surface area contributed by atoms with E-state index in [0.717, 1.165) is 25.9 Å². The highest BCUT2D eigenvalue weighted by Gasteiger charge is 2.30. The number of amides is 1. The van der Waals surface area contributed by atoms with Crippen LogP contribution in [-0.4, -0.2) is 35.5 Å². The van der Waals surface area contributed by atoms with Crippen molar-refractivity contribution < 1.29 is 4.79 Å². The molecule has 3 N–H and O–H groups in total. The van der Waals surface area contributed by atoms with Crippen molar-refractivity contribution in [3.8, 4) is 0 Å². The molecule has 0 radical (unpaired) electrons. The van der Waals surface area contributed by atoms with Gasteiger partial charge in [0.15, 0.2) is 0 Å². The molecule has 0 aromatic heterocycles. The molecule has 2 rings (SSSR count). The summed E-state index contributed by atoms with van der Waals surface area (Å²) in [6, 6.07) is 10.8. The third-order valence-electron chi connectivity index (χ3n) is 4.34. The van der Waals surface area contributed by atoms with Gasteiger partial charge in [0.2, 0.25) is 5.91 Å². The van der Waals surface area contributed by atoms with Crippen LogP contribution in [0.4, 0.5) is 0 Å². The van der Waals surface area contributed by atoms with Gasteiger partial charge in [0.05, 0.1) is 6.04 Å². The third-order valence-corrected chi connectivity index (χ3v) is 4.34. The fourth-order valence-corrected chi connectivity index (χ4v) is 3.16. The summed E-state index contributed by atoms with van der Waals surface area (Å²) in [6.45, 7) is 8.24. The molecule has 22 heavy (non-hydrogen) atoms. The summed E-state index contributed by atoms with van der Waals surface area (Å²) >= 11 is 0. The van der Waals surface area contributed by atoms with Crippen LogP contribution in [0.15, 0.2) is 30.3 Å². The Balaban J connectivity index is 1.84. The molecule has 3 atom stereocenters. The summed E-state index contributed by atoms with van der Waals surface area (Å²) in [7, 11) is 0. The number of nitrogens with one attached hydrogen (secondary N) is 1. The van der Waals surface area contributed by atoms with E-state index in [2.05, 4.69) is 55.3 Å². The quantitative estimate of drug-likeness (QED) is 0.846. The Bertz CT molecular complexity index is 474. The fraction of sp³-hybridized carbons (Fsp3) is 0.611. The molecular formula is C18H29N3O. The predicted octanol–water partition coefficient (Wildman–Crippen LogP) is 2.14. The van der Waals surface area contributed by atoms with Crippen molar-refractivity contribution >= 4 is 5.91 Å². The first-order chi connectivity index (χ1) is 10.5. The van der Waals surface area contributed by atoms with Crippen molar-refractivity contribution in [3.05, 3.63) is 35.9 Å². The highest BCUT2D eigenvalue weighted by atomic mass is 16.2. The number of rotatable bonds is 6. The lowest BCUT2D eigenvalue weighted by Gasteiger charge is -2.21. The minimum absolute atomic E-state index is 0.00698. The van der Waals surface area contributed by atoms with Crippen LogP contribution in [0.1, 0.15) is 39.2 Å². The molecule has 4 nitrogen and oxygen atoms in total. The summed E-state index contributed by atoms with van der Waals surface area (Å²) in [6.07, 6.45) is 1.73. The molecule has 2 unspecified atom stereocenters. The van der Waals surface area contributed by atoms with E-state index in [9.17, 15) is 4.79 Å². The minimum atomic E-state index is -0.390. The zero-order valence-electron chi connectivity index (χ0n) is 14.0. The molecule has 1 heterocycles. The molecule has 122 valence electrons. The first kappa shape index (κ1) is 17.0. The first-order valence-electron chi connectivity index (χ1n) is 8.29. The van der Waals surface area contributed by atoms with Gasteiger partial charge >= 0.3 is 0 Å². The van der Waals surface area contributed by atoms with E-state index >= 15 is 0 Å². The normalized spacial score (nSPS) is 23.7. The van der Waals surface area contributed by atoms with Crippen LogP contribution in [-0.2, 0) is 11.3 Å². The van der Waals surface area contributed by atoms with Crippen molar-refractivity contribution in [3.63, 3.8) is 0 Å². The zero-order chi connectivity index (χ0) is 16.1. The van der Waals surface area contributed by atoms with Crippen LogP contribution < -0.4 is 11.1 Å². The zero-order valence-corrected chi connectivity index (χ0v) is 14.0. The number of likely N-dealkylation sites (tertiary alicyclic amines) is 1. The molecular weight excluding hydrogens is 274 g/mol. The molecule has 0 spiro atoms. The topological polar surface area (TPSA) is 58.4 Å². The maximum Gasteiger partial charge on any atom is 0.237 e. The first-order valence-corrected chi connectivity index (χ1v) is 8.29. The summed E-state index contributed by atoms with van der Waals surface area (Å²) in [5, 5.41) is 3.12. The standard InChI is InChI=1S/C18H29N3O/c1-13(2)9-17(19)18(22)20-16-10-14(3)21(12-16)11-15-7-5-4-6-8-15/h4-8,13-14,16-17H,9-12,19H2,1-3H3,(H,20,22)/t14?,16?,17-/m0/s1. The van der Waals surface area contributed by atoms with Crippen LogP contribution in [0.25, 0.3) is 0 Å². The highest BCUT2D eigenvalue weighted by Crippen LogP contribution is 2.20. The van der Waals surface area contributed by atoms with Gasteiger partial charge in [-0.15, -0.1) is 0 Å². The lowest BCUT2D eigenvalue weighted by molar-refractivity contribution is -0.123. The Labute approximate surface area is 134 Å². The van der Waals surface area contributed by atoms with Gasteiger partial charge in [-0.1, -0.05) is 44.2 Å². The largest absolute Gasteiger partial charge is 0.351 e. The fourth-order valence-electron chi connectivity index (χ4n) is 3.16. The van der Waals surface area contributed by atoms with Crippen LogP contribution >= 0.6 is 0 Å². The lowest BCUT2D eigenvalue weighted by atomic mass is 10.0. The molecule has 1 fully saturated rings. The maximum atomic E-state index is 12.2. The van der Waals surface area contributed by atoms with Gasteiger partial charge in [-0.25, -0.2) is 0 Å². The Morgan fingerprint density at radius 1 is 1.36 bits per heavy atom. The SMILES string of the molecule is CC(C)C[C@H](N)C(=O)NC1CC(C)N(Cc2ccccc2)C1. The van der Waals surface area contributed by atoms with Crippen LogP contribution in [0.3, 0.4) is 0 Å². The number of carbonyl (C=O) groups is 1. The molecule has 1 aromatic carbocycles. The number of hydrogen-bond acceptors (Lipinski definition) is 3. The molecule has 1 saturated heterocycles. The van der Waals surface area contributed by atoms with Gasteiger partial charge < -0.3 is 11.1 Å². The Kier molecular flexibility index (Phi) is 5.98. The Morgan fingerprint density at radius 3 is 2.68 bits per heavy atom. The number of hydrogen-bond donors (Lipinski definition) is 2. The molecule has 0 bridgehead atoms. The number of nitrogens with zero attached hydrogens (tertiary/aromatic N) is 1. The maximum absolute atomic E-state index is 12.2. The summed E-state index contributed by atoms with van der Waals surface area (Å²) in [5.41, 5.74) is 7.28. The van der Waals surface area contributed by atoms with Crippen molar-refractivity contribution in [1.82, 2.24) is 10.2 Å². The number of benzene rings is 1. The molecule has 1 aliphatic heterocycles. The second kappa shape index (κ2) is 7.75. The van der Waals surface area contributed by atoms with E-state index in [1.165, 1.54) is 5.56 Å². The Hall–Kier alpha value is -1.39. The van der Waals surface area contributed by atoms with Crippen molar-refractivity contribution in [2.75, 3.05) is 6.54 Å². The number of carbonyl (C=O) groups excluding carboxylic acids is 1. The summed E-state index contributed by atoms with van der Waals surface area (Å²) in [5.74, 6) is 0.435. The summed E-state index contributed by atoms with van der Waals surface area (Å²) < 4.78 is 0. The summed E-state index contributed by atoms with van der Waals surface area (Å²) in [4.78, 5) is 14.6. The van der Waals surface area contributed by atoms with Crippen LogP contribution in [0, 0.1) is 5.92 Å². The molecule has 0 saturated carbocycles. The average molecular weight is 303 g/mol. The Morgan fingerprint density at radius 2 is 2.05 bits per heavy atom. The van der Waals surface area contributed by atoms with Crippen molar-refractivity contribution in [2.45, 2.75) is 58.3 Å². The van der Waals surface area contributed by atoms with Gasteiger partial charge in [0.25, 0.3) is 0 Å². The third kappa shape index (κ3) is 4.82. The van der Waals surface area contributed by atoms with Crippen molar-refractivity contribution in [1.29, 1.82) is 0 Å². The minimum Gasteiger partial charge on any atom is -0.351 e. The van der Waals surface area contributed by atoms with Crippen molar-refractivity contribution in [2.24, 2.45) is 11.7 Å². The van der Waals surface area contributed by atoms with E-state index in [-0.39, 0.29) is 11.9 Å². The van der Waals surface area contributed by atoms with Gasteiger partial charge in [-0.3, -0.25) is 9.69 Å². The molecule has 0 aliphatic carbocycles. The molecule has 1 aliphatic rings. The van der Waals surface area contributed by atoms with Crippen LogP contribution in [0.5, 0.6) is 0 Å². The number of nitrogens with two attached hydrogens (primary N) is 1. The molecule has 1 aromatic rings. The van der Waals surface area contributed by atoms with E-state index in [4.69, 9.17) is 5.73 Å². The van der Waals surface area contributed by atoms with E-state index in [0.29, 0.717) is 12.0 Å². The van der Waals surface area contributed by atoms with Gasteiger partial charge in [-0.2, -0.15) is 0 Å². The van der Waals surface area contributed by atoms with Gasteiger partial charge in [-0.05, 0) is 31.2 Å². The monoisotopic (exact) mass is 303 g/mol. The van der Waals surface area contributed by atoms with E-state index in [1.807, 2.05) is 6.07 Å². The molecule has 4 heteroatoms. The van der Waals surface area contributed by atoms with E-state index < -0.39 is 6.04 Å². The highest BCUT2D eigenvalue weighted by molar-refractivity contribution is 5.81.